The van der Waals surface area contributed by atoms with Crippen LogP contribution in [0.4, 0.5) is 15.5 Å². The molecule has 0 bridgehead atoms. The lowest BCUT2D eigenvalue weighted by atomic mass is 9.90. The van der Waals surface area contributed by atoms with Gasteiger partial charge in [-0.05, 0) is 19.9 Å². The molecule has 2 amide bonds. The molecule has 158 valence electrons. The molecule has 11 nitrogen and oxygen atoms in total. The van der Waals surface area contributed by atoms with Crippen LogP contribution in [0.2, 0.25) is 0 Å². The highest BCUT2D eigenvalue weighted by molar-refractivity contribution is 7.15. The van der Waals surface area contributed by atoms with Crippen molar-refractivity contribution >= 4 is 34.3 Å². The molecule has 0 fully saturated rings. The minimum absolute atomic E-state index is 0.186. The number of aryl methyl sites for hydroxylation is 1. The number of carbonyl (C=O) groups excluding carboxylic acids is 1. The Bertz CT molecular complexity index is 1170. The molecule has 0 saturated carbocycles. The Kier molecular flexibility index (Phi) is 5.70. The summed E-state index contributed by atoms with van der Waals surface area (Å²) in [6.45, 7) is 3.85. The highest BCUT2D eigenvalue weighted by Crippen LogP contribution is 2.39. The number of rotatable bonds is 5. The largest absolute Gasteiger partial charge is 0.381 e. The maximum Gasteiger partial charge on any atom is 0.319 e. The van der Waals surface area contributed by atoms with E-state index in [-0.39, 0.29) is 23.4 Å². The van der Waals surface area contributed by atoms with Gasteiger partial charge in [0.2, 0.25) is 0 Å². The Labute approximate surface area is 181 Å². The number of nitrogens with zero attached hydrogens (tertiary/aromatic N) is 7. The first-order chi connectivity index (χ1) is 15.0. The Balaban J connectivity index is 1.51. The number of amides is 2. The van der Waals surface area contributed by atoms with Crippen LogP contribution in [0, 0.1) is 18.3 Å². The van der Waals surface area contributed by atoms with Gasteiger partial charge >= 0.3 is 6.03 Å². The van der Waals surface area contributed by atoms with Gasteiger partial charge in [0.1, 0.15) is 16.6 Å². The van der Waals surface area contributed by atoms with Crippen LogP contribution in [0.1, 0.15) is 29.1 Å². The molecule has 3 aromatic heterocycles. The number of nitrogens with one attached hydrogen (secondary N) is 2. The number of aliphatic imine (C=N–C) groups is 1. The number of thiazole rings is 1. The third-order valence-electron chi connectivity index (χ3n) is 4.82. The van der Waals surface area contributed by atoms with Crippen molar-refractivity contribution in [2.24, 2.45) is 4.99 Å². The van der Waals surface area contributed by atoms with Gasteiger partial charge in [-0.3, -0.25) is 0 Å². The van der Waals surface area contributed by atoms with Gasteiger partial charge in [-0.15, -0.1) is 4.80 Å². The number of hydrogen-bond acceptors (Lipinski definition) is 9. The van der Waals surface area contributed by atoms with Crippen LogP contribution in [0.15, 0.2) is 29.6 Å². The summed E-state index contributed by atoms with van der Waals surface area (Å²) in [7, 11) is 1.62. The van der Waals surface area contributed by atoms with E-state index in [1.54, 1.807) is 13.3 Å². The first-order valence-corrected chi connectivity index (χ1v) is 10.2. The Morgan fingerprint density at radius 3 is 2.87 bits per heavy atom. The molecule has 0 radical (unpaired) electrons. The molecular weight excluding hydrogens is 418 g/mol. The van der Waals surface area contributed by atoms with E-state index in [9.17, 15) is 10.1 Å². The van der Waals surface area contributed by atoms with Gasteiger partial charge in [0.25, 0.3) is 0 Å². The number of fused-ring (bicyclic) bond motifs is 1. The van der Waals surface area contributed by atoms with Crippen molar-refractivity contribution in [3.8, 4) is 11.9 Å². The van der Waals surface area contributed by atoms with Crippen molar-refractivity contribution in [3.63, 3.8) is 0 Å². The fourth-order valence-electron chi connectivity index (χ4n) is 3.35. The molecule has 2 unspecified atom stereocenters. The Morgan fingerprint density at radius 1 is 1.39 bits per heavy atom. The van der Waals surface area contributed by atoms with Gasteiger partial charge in [-0.2, -0.15) is 15.5 Å². The van der Waals surface area contributed by atoms with Gasteiger partial charge in [-0.1, -0.05) is 11.3 Å². The van der Waals surface area contributed by atoms with Crippen LogP contribution in [0.25, 0.3) is 5.82 Å². The van der Waals surface area contributed by atoms with Crippen LogP contribution in [0.5, 0.6) is 0 Å². The summed E-state index contributed by atoms with van der Waals surface area (Å²) in [5, 5.41) is 24.7. The molecule has 0 saturated heterocycles. The molecule has 1 aliphatic rings. The highest BCUT2D eigenvalue weighted by atomic mass is 32.1. The topological polar surface area (TPSA) is 143 Å². The van der Waals surface area contributed by atoms with Crippen LogP contribution in [-0.2, 0) is 4.74 Å². The third kappa shape index (κ3) is 4.14. The molecule has 12 heteroatoms. The van der Waals surface area contributed by atoms with Gasteiger partial charge in [-0.25, -0.2) is 19.8 Å². The van der Waals surface area contributed by atoms with E-state index < -0.39 is 12.1 Å². The van der Waals surface area contributed by atoms with Crippen LogP contribution < -0.4 is 10.6 Å². The molecule has 4 heterocycles. The molecule has 2 N–H and O–H groups in total. The summed E-state index contributed by atoms with van der Waals surface area (Å²) >= 11 is 1.51. The predicted octanol–water partition coefficient (Wildman–Crippen LogP) is 2.32. The van der Waals surface area contributed by atoms with E-state index in [1.807, 2.05) is 19.9 Å². The number of ether oxygens (including phenoxy) is 1. The number of pyridine rings is 1. The van der Waals surface area contributed by atoms with Gasteiger partial charge in [0.15, 0.2) is 5.82 Å². The van der Waals surface area contributed by atoms with E-state index in [2.05, 4.69) is 35.8 Å². The second-order valence-electron chi connectivity index (χ2n) is 6.82. The minimum atomic E-state index is -0.462. The molecule has 1 aliphatic heterocycles. The highest BCUT2D eigenvalue weighted by Gasteiger charge is 2.35. The summed E-state index contributed by atoms with van der Waals surface area (Å²) in [4.78, 5) is 27.2. The Morgan fingerprint density at radius 2 is 2.16 bits per heavy atom. The minimum Gasteiger partial charge on any atom is -0.381 e. The lowest BCUT2D eigenvalue weighted by Crippen LogP contribution is -2.47. The molecule has 0 aliphatic carbocycles. The lowest BCUT2D eigenvalue weighted by molar-refractivity contribution is 0.0881. The average molecular weight is 437 g/mol. The molecule has 31 heavy (non-hydrogen) atoms. The van der Waals surface area contributed by atoms with Gasteiger partial charge < -0.3 is 15.4 Å². The van der Waals surface area contributed by atoms with Crippen molar-refractivity contribution in [3.05, 3.63) is 40.9 Å². The number of methoxy groups -OCH3 is 1. The lowest BCUT2D eigenvalue weighted by Gasteiger charge is -2.30. The Hall–Kier alpha value is -3.69. The summed E-state index contributed by atoms with van der Waals surface area (Å²) in [5.74, 6) is 0.0903. The number of nitriles is 1. The van der Waals surface area contributed by atoms with Crippen molar-refractivity contribution in [1.82, 2.24) is 30.3 Å². The molecule has 3 aromatic rings. The van der Waals surface area contributed by atoms with E-state index in [0.29, 0.717) is 5.69 Å². The average Bonchev–Trinajstić information content (AvgIpc) is 3.42. The zero-order valence-corrected chi connectivity index (χ0v) is 17.8. The van der Waals surface area contributed by atoms with Crippen LogP contribution >= 0.6 is 11.3 Å². The van der Waals surface area contributed by atoms with E-state index in [0.717, 1.165) is 15.7 Å². The first kappa shape index (κ1) is 20.6. The summed E-state index contributed by atoms with van der Waals surface area (Å²) < 4.78 is 5.54. The number of anilines is 1. The van der Waals surface area contributed by atoms with E-state index >= 15 is 0 Å². The molecular formula is C19H19N9O2S. The smallest absolute Gasteiger partial charge is 0.319 e. The monoisotopic (exact) mass is 437 g/mol. The molecule has 3 atom stereocenters. The predicted molar refractivity (Wildman–Crippen MR) is 114 cm³/mol. The van der Waals surface area contributed by atoms with Gasteiger partial charge in [0, 0.05) is 13.3 Å². The second-order valence-corrected chi connectivity index (χ2v) is 8.00. The first-order valence-electron chi connectivity index (χ1n) is 9.38. The fraction of sp³-hybridized carbons (Fsp3) is 0.316. The van der Waals surface area contributed by atoms with E-state index in [4.69, 9.17) is 4.74 Å². The maximum absolute atomic E-state index is 12.7. The zero-order chi connectivity index (χ0) is 22.0. The number of carbonyl (C=O) groups is 1. The summed E-state index contributed by atoms with van der Waals surface area (Å²) in [6.07, 6.45) is 5.92. The number of hydrogen-bond donors (Lipinski definition) is 2. The summed E-state index contributed by atoms with van der Waals surface area (Å²) in [5.41, 5.74) is 1.40. The quantitative estimate of drug-likeness (QED) is 0.623. The second kappa shape index (κ2) is 8.58. The standard InChI is InChI=1S/C19H19N9O2S/c1-10(30-3)15-14(9-22-18-16(15)25-11(2)31-18)27-19(29)26-13-6-12(7-20)17(21-8-13)28-23-4-5-24-28/h4-6,8-10,14-15H,1-3H3,(H2,26,27,29)/t10-,14?,15?/m1/s1. The maximum atomic E-state index is 12.7. The number of urea groups is 1. The normalized spacial score (nSPS) is 18.1. The summed E-state index contributed by atoms with van der Waals surface area (Å²) in [6, 6.07) is 2.67. The van der Waals surface area contributed by atoms with E-state index in [1.165, 1.54) is 40.8 Å². The fourth-order valence-corrected chi connectivity index (χ4v) is 4.18. The zero-order valence-electron chi connectivity index (χ0n) is 17.0. The molecule has 0 spiro atoms. The number of aromatic nitrogens is 5. The SMILES string of the molecule is CO[C@H](C)C1c2nc(C)sc2N=CC1NC(=O)Nc1cnc(-n2nccn2)c(C#N)c1. The molecule has 0 aromatic carbocycles. The van der Waals surface area contributed by atoms with Crippen molar-refractivity contribution in [2.45, 2.75) is 31.9 Å². The van der Waals surface area contributed by atoms with Crippen molar-refractivity contribution in [1.29, 1.82) is 5.26 Å². The third-order valence-corrected chi connectivity index (χ3v) is 5.72. The van der Waals surface area contributed by atoms with Crippen LogP contribution in [-0.4, -0.2) is 56.5 Å². The van der Waals surface area contributed by atoms with Crippen molar-refractivity contribution < 1.29 is 9.53 Å². The molecule has 4 rings (SSSR count). The van der Waals surface area contributed by atoms with Crippen LogP contribution in [0.3, 0.4) is 0 Å². The van der Waals surface area contributed by atoms with Crippen molar-refractivity contribution in [2.75, 3.05) is 12.4 Å². The van der Waals surface area contributed by atoms with Gasteiger partial charge in [0.05, 0.1) is 53.0 Å².